The first-order chi connectivity index (χ1) is 12.2. The zero-order valence-corrected chi connectivity index (χ0v) is 15.3. The van der Waals surface area contributed by atoms with E-state index in [9.17, 15) is 0 Å². The number of aromatic nitrogens is 1. The molecule has 0 bridgehead atoms. The fourth-order valence-electron chi connectivity index (χ4n) is 2.17. The highest BCUT2D eigenvalue weighted by atomic mass is 35.5. The quantitative estimate of drug-likeness (QED) is 0.492. The van der Waals surface area contributed by atoms with Gasteiger partial charge in [0, 0.05) is 16.0 Å². The zero-order chi connectivity index (χ0) is 17.6. The Balaban J connectivity index is 1.67. The summed E-state index contributed by atoms with van der Waals surface area (Å²) >= 11 is 7.39. The van der Waals surface area contributed by atoms with E-state index >= 15 is 0 Å². The van der Waals surface area contributed by atoms with Gasteiger partial charge in [0.05, 0.1) is 26.1 Å². The molecule has 2 aromatic carbocycles. The number of hydrogen-bond acceptors (Lipinski definition) is 6. The Kier molecular flexibility index (Phi) is 5.53. The first-order valence-corrected chi connectivity index (χ1v) is 8.68. The molecule has 0 saturated carbocycles. The van der Waals surface area contributed by atoms with Crippen LogP contribution in [0.5, 0.6) is 11.5 Å². The average Bonchev–Trinajstić information content (AvgIpc) is 3.11. The highest BCUT2D eigenvalue weighted by Crippen LogP contribution is 2.27. The molecule has 1 aromatic heterocycles. The van der Waals surface area contributed by atoms with Crippen LogP contribution in [0, 0.1) is 0 Å². The van der Waals surface area contributed by atoms with Gasteiger partial charge in [-0.2, -0.15) is 5.10 Å². The van der Waals surface area contributed by atoms with Gasteiger partial charge in [0.25, 0.3) is 0 Å². The van der Waals surface area contributed by atoms with Crippen molar-refractivity contribution in [3.63, 3.8) is 0 Å². The minimum Gasteiger partial charge on any atom is -0.493 e. The van der Waals surface area contributed by atoms with Crippen molar-refractivity contribution in [2.75, 3.05) is 19.6 Å². The van der Waals surface area contributed by atoms with Crippen molar-refractivity contribution < 1.29 is 9.47 Å². The normalized spacial score (nSPS) is 10.8. The molecule has 25 heavy (non-hydrogen) atoms. The smallest absolute Gasteiger partial charge is 0.203 e. The third-order valence-electron chi connectivity index (χ3n) is 3.43. The molecular weight excluding hydrogens is 358 g/mol. The van der Waals surface area contributed by atoms with Crippen LogP contribution in [0.2, 0.25) is 5.02 Å². The van der Waals surface area contributed by atoms with Gasteiger partial charge in [0.2, 0.25) is 5.13 Å². The van der Waals surface area contributed by atoms with E-state index in [1.165, 1.54) is 11.3 Å². The van der Waals surface area contributed by atoms with Crippen molar-refractivity contribution in [3.05, 3.63) is 58.4 Å². The zero-order valence-electron chi connectivity index (χ0n) is 13.7. The van der Waals surface area contributed by atoms with Gasteiger partial charge in [-0.05, 0) is 35.9 Å². The standard InChI is InChI=1S/C18H16ClN3O2S/c1-23-16-8-3-12(9-17(16)24-2)10-20-22-18-21-15(11-25-18)13-4-6-14(19)7-5-13/h3-11H,1-2H3,(H,21,22). The Morgan fingerprint density at radius 3 is 2.56 bits per heavy atom. The molecule has 3 aromatic rings. The van der Waals surface area contributed by atoms with Gasteiger partial charge < -0.3 is 9.47 Å². The van der Waals surface area contributed by atoms with Gasteiger partial charge in [0.1, 0.15) is 0 Å². The molecule has 128 valence electrons. The van der Waals surface area contributed by atoms with Crippen LogP contribution in [0.15, 0.2) is 52.9 Å². The van der Waals surface area contributed by atoms with E-state index in [0.717, 1.165) is 16.8 Å². The van der Waals surface area contributed by atoms with E-state index in [0.29, 0.717) is 21.7 Å². The lowest BCUT2D eigenvalue weighted by Crippen LogP contribution is -1.93. The third kappa shape index (κ3) is 4.29. The molecule has 7 heteroatoms. The van der Waals surface area contributed by atoms with Crippen LogP contribution in [0.25, 0.3) is 11.3 Å². The fraction of sp³-hybridized carbons (Fsp3) is 0.111. The lowest BCUT2D eigenvalue weighted by Gasteiger charge is -2.07. The number of halogens is 1. The summed E-state index contributed by atoms with van der Waals surface area (Å²) in [6, 6.07) is 13.2. The summed E-state index contributed by atoms with van der Waals surface area (Å²) in [5.74, 6) is 1.34. The van der Waals surface area contributed by atoms with Crippen LogP contribution < -0.4 is 14.9 Å². The summed E-state index contributed by atoms with van der Waals surface area (Å²) in [4.78, 5) is 4.51. The molecule has 3 rings (SSSR count). The van der Waals surface area contributed by atoms with Crippen LogP contribution in [0.1, 0.15) is 5.56 Å². The number of hydrazone groups is 1. The molecule has 0 spiro atoms. The molecule has 1 N–H and O–H groups in total. The van der Waals surface area contributed by atoms with Crippen LogP contribution >= 0.6 is 22.9 Å². The van der Waals surface area contributed by atoms with E-state index in [2.05, 4.69) is 15.5 Å². The topological polar surface area (TPSA) is 55.7 Å². The number of thiazole rings is 1. The summed E-state index contributed by atoms with van der Waals surface area (Å²) in [5, 5.41) is 7.60. The Hall–Kier alpha value is -2.57. The van der Waals surface area contributed by atoms with E-state index in [4.69, 9.17) is 21.1 Å². The Morgan fingerprint density at radius 2 is 1.84 bits per heavy atom. The van der Waals surface area contributed by atoms with Crippen molar-refractivity contribution in [1.29, 1.82) is 0 Å². The first-order valence-electron chi connectivity index (χ1n) is 7.42. The number of rotatable bonds is 6. The predicted molar refractivity (Wildman–Crippen MR) is 103 cm³/mol. The molecule has 0 radical (unpaired) electrons. The summed E-state index contributed by atoms with van der Waals surface area (Å²) in [5.41, 5.74) is 5.72. The van der Waals surface area contributed by atoms with Gasteiger partial charge in [-0.25, -0.2) is 4.98 Å². The van der Waals surface area contributed by atoms with Crippen LogP contribution in [-0.2, 0) is 0 Å². The van der Waals surface area contributed by atoms with E-state index in [1.807, 2.05) is 47.8 Å². The minimum atomic E-state index is 0.658. The van der Waals surface area contributed by atoms with Gasteiger partial charge in [0.15, 0.2) is 11.5 Å². The lowest BCUT2D eigenvalue weighted by atomic mass is 10.2. The van der Waals surface area contributed by atoms with Crippen molar-refractivity contribution in [2.24, 2.45) is 5.10 Å². The molecular formula is C18H16ClN3O2S. The number of nitrogens with zero attached hydrogens (tertiary/aromatic N) is 2. The SMILES string of the molecule is COc1ccc(C=NNc2nc(-c3ccc(Cl)cc3)cs2)cc1OC. The number of anilines is 1. The lowest BCUT2D eigenvalue weighted by molar-refractivity contribution is 0.355. The molecule has 0 atom stereocenters. The molecule has 0 aliphatic heterocycles. The minimum absolute atomic E-state index is 0.658. The van der Waals surface area contributed by atoms with Crippen molar-refractivity contribution in [2.45, 2.75) is 0 Å². The molecule has 0 unspecified atom stereocenters. The van der Waals surface area contributed by atoms with Crippen molar-refractivity contribution >= 4 is 34.3 Å². The molecule has 0 amide bonds. The Labute approximate surface area is 154 Å². The Morgan fingerprint density at radius 1 is 1.08 bits per heavy atom. The second-order valence-corrected chi connectivity index (χ2v) is 6.32. The summed E-state index contributed by atoms with van der Waals surface area (Å²) in [6.07, 6.45) is 1.70. The maximum atomic E-state index is 5.91. The first kappa shape index (κ1) is 17.3. The number of nitrogens with one attached hydrogen (secondary N) is 1. The van der Waals surface area contributed by atoms with E-state index < -0.39 is 0 Å². The van der Waals surface area contributed by atoms with Crippen molar-refractivity contribution in [3.8, 4) is 22.8 Å². The second kappa shape index (κ2) is 8.00. The Bertz CT molecular complexity index is 878. The average molecular weight is 374 g/mol. The van der Waals surface area contributed by atoms with Gasteiger partial charge in [-0.3, -0.25) is 5.43 Å². The molecule has 1 heterocycles. The van der Waals surface area contributed by atoms with Gasteiger partial charge >= 0.3 is 0 Å². The maximum Gasteiger partial charge on any atom is 0.203 e. The van der Waals surface area contributed by atoms with Gasteiger partial charge in [-0.15, -0.1) is 11.3 Å². The predicted octanol–water partition coefficient (Wildman–Crippen LogP) is 4.93. The number of ether oxygens (including phenoxy) is 2. The van der Waals surface area contributed by atoms with Crippen LogP contribution in [0.4, 0.5) is 5.13 Å². The molecule has 0 aliphatic rings. The summed E-state index contributed by atoms with van der Waals surface area (Å²) in [6.45, 7) is 0. The second-order valence-electron chi connectivity index (χ2n) is 5.03. The van der Waals surface area contributed by atoms with Crippen LogP contribution in [0.3, 0.4) is 0 Å². The third-order valence-corrected chi connectivity index (χ3v) is 4.42. The largest absolute Gasteiger partial charge is 0.493 e. The molecule has 0 saturated heterocycles. The summed E-state index contributed by atoms with van der Waals surface area (Å²) in [7, 11) is 3.21. The van der Waals surface area contributed by atoms with E-state index in [-0.39, 0.29) is 0 Å². The highest BCUT2D eigenvalue weighted by molar-refractivity contribution is 7.14. The highest BCUT2D eigenvalue weighted by Gasteiger charge is 2.05. The molecule has 0 fully saturated rings. The molecule has 5 nitrogen and oxygen atoms in total. The van der Waals surface area contributed by atoms with Crippen LogP contribution in [-0.4, -0.2) is 25.4 Å². The number of benzene rings is 2. The monoisotopic (exact) mass is 373 g/mol. The maximum absolute atomic E-state index is 5.91. The van der Waals surface area contributed by atoms with Crippen molar-refractivity contribution in [1.82, 2.24) is 4.98 Å². The number of hydrogen-bond donors (Lipinski definition) is 1. The summed E-state index contributed by atoms with van der Waals surface area (Å²) < 4.78 is 10.5. The fourth-order valence-corrected chi connectivity index (χ4v) is 2.97. The number of methoxy groups -OCH3 is 2. The van der Waals surface area contributed by atoms with E-state index in [1.54, 1.807) is 20.4 Å². The molecule has 0 aliphatic carbocycles. The van der Waals surface area contributed by atoms with Gasteiger partial charge in [-0.1, -0.05) is 23.7 Å².